The molecule has 17 heavy (non-hydrogen) atoms. The molecule has 1 atom stereocenters. The Hall–Kier alpha value is -1.06. The zero-order chi connectivity index (χ0) is 12.1. The molecular formula is C14H21NO2. The van der Waals surface area contributed by atoms with E-state index in [0.717, 1.165) is 23.9 Å². The van der Waals surface area contributed by atoms with Gasteiger partial charge in [0.2, 0.25) is 0 Å². The van der Waals surface area contributed by atoms with E-state index in [1.165, 1.54) is 12.8 Å². The van der Waals surface area contributed by atoms with E-state index < -0.39 is 0 Å². The van der Waals surface area contributed by atoms with Crippen LogP contribution < -0.4 is 10.1 Å². The van der Waals surface area contributed by atoms with Gasteiger partial charge in [-0.15, -0.1) is 0 Å². The Balaban J connectivity index is 1.71. The largest absolute Gasteiger partial charge is 0.497 e. The van der Waals surface area contributed by atoms with Gasteiger partial charge in [-0.2, -0.15) is 0 Å². The standard InChI is InChI=1S/C14H21NO2/c1-11(9-15-13-6-7-13)17-10-12-4-3-5-14(8-12)16-2/h3-5,8,11,13,15H,6-7,9-10H2,1-2H3. The average molecular weight is 235 g/mol. The van der Waals surface area contributed by atoms with Crippen LogP contribution in [0.4, 0.5) is 0 Å². The number of nitrogens with one attached hydrogen (secondary N) is 1. The maximum atomic E-state index is 5.79. The highest BCUT2D eigenvalue weighted by atomic mass is 16.5. The van der Waals surface area contributed by atoms with Crippen LogP contribution in [0.2, 0.25) is 0 Å². The molecule has 1 unspecified atom stereocenters. The number of hydrogen-bond acceptors (Lipinski definition) is 3. The molecule has 1 N–H and O–H groups in total. The van der Waals surface area contributed by atoms with Gasteiger partial charge >= 0.3 is 0 Å². The summed E-state index contributed by atoms with van der Waals surface area (Å²) in [5, 5.41) is 3.47. The Bertz CT molecular complexity index is 350. The smallest absolute Gasteiger partial charge is 0.119 e. The van der Waals surface area contributed by atoms with Crippen LogP contribution in [0, 0.1) is 0 Å². The minimum Gasteiger partial charge on any atom is -0.497 e. The predicted molar refractivity (Wildman–Crippen MR) is 68.3 cm³/mol. The lowest BCUT2D eigenvalue weighted by Gasteiger charge is -2.14. The van der Waals surface area contributed by atoms with Crippen molar-refractivity contribution in [2.75, 3.05) is 13.7 Å². The number of methoxy groups -OCH3 is 1. The summed E-state index contributed by atoms with van der Waals surface area (Å²) in [7, 11) is 1.68. The molecule has 0 bridgehead atoms. The highest BCUT2D eigenvalue weighted by molar-refractivity contribution is 5.27. The maximum Gasteiger partial charge on any atom is 0.119 e. The minimum atomic E-state index is 0.252. The number of benzene rings is 1. The molecule has 94 valence electrons. The lowest BCUT2D eigenvalue weighted by Crippen LogP contribution is -2.28. The van der Waals surface area contributed by atoms with Crippen LogP contribution in [0.5, 0.6) is 5.75 Å². The molecule has 3 nitrogen and oxygen atoms in total. The van der Waals surface area contributed by atoms with Gasteiger partial charge < -0.3 is 14.8 Å². The highest BCUT2D eigenvalue weighted by Crippen LogP contribution is 2.18. The molecule has 0 aromatic heterocycles. The molecule has 0 spiro atoms. The van der Waals surface area contributed by atoms with E-state index in [1.807, 2.05) is 18.2 Å². The van der Waals surface area contributed by atoms with Crippen molar-refractivity contribution in [2.45, 2.75) is 38.5 Å². The lowest BCUT2D eigenvalue weighted by atomic mass is 10.2. The molecule has 1 fully saturated rings. The molecule has 0 heterocycles. The second kappa shape index (κ2) is 6.03. The summed E-state index contributed by atoms with van der Waals surface area (Å²) in [5.41, 5.74) is 1.16. The van der Waals surface area contributed by atoms with Gasteiger partial charge in [-0.3, -0.25) is 0 Å². The topological polar surface area (TPSA) is 30.5 Å². The van der Waals surface area contributed by atoms with Crippen molar-refractivity contribution < 1.29 is 9.47 Å². The van der Waals surface area contributed by atoms with Gasteiger partial charge in [-0.25, -0.2) is 0 Å². The van der Waals surface area contributed by atoms with E-state index in [2.05, 4.69) is 18.3 Å². The maximum absolute atomic E-state index is 5.79. The Labute approximate surface area is 103 Å². The third-order valence-electron chi connectivity index (χ3n) is 2.94. The number of ether oxygens (including phenoxy) is 2. The molecule has 2 rings (SSSR count). The van der Waals surface area contributed by atoms with E-state index in [0.29, 0.717) is 6.61 Å². The summed E-state index contributed by atoms with van der Waals surface area (Å²) >= 11 is 0. The lowest BCUT2D eigenvalue weighted by molar-refractivity contribution is 0.0529. The Morgan fingerprint density at radius 1 is 1.41 bits per heavy atom. The van der Waals surface area contributed by atoms with Gasteiger partial charge in [0, 0.05) is 12.6 Å². The van der Waals surface area contributed by atoms with Gasteiger partial charge in [-0.1, -0.05) is 12.1 Å². The van der Waals surface area contributed by atoms with Crippen molar-refractivity contribution >= 4 is 0 Å². The van der Waals surface area contributed by atoms with E-state index in [1.54, 1.807) is 7.11 Å². The quantitative estimate of drug-likeness (QED) is 0.787. The van der Waals surface area contributed by atoms with E-state index in [-0.39, 0.29) is 6.10 Å². The SMILES string of the molecule is COc1cccc(COC(C)CNC2CC2)c1. The van der Waals surface area contributed by atoms with Gasteiger partial charge in [0.1, 0.15) is 5.75 Å². The number of hydrogen-bond donors (Lipinski definition) is 1. The first kappa shape index (κ1) is 12.4. The van der Waals surface area contributed by atoms with E-state index >= 15 is 0 Å². The van der Waals surface area contributed by atoms with Crippen LogP contribution in [-0.2, 0) is 11.3 Å². The van der Waals surface area contributed by atoms with E-state index in [4.69, 9.17) is 9.47 Å². The van der Waals surface area contributed by atoms with Crippen LogP contribution in [0.3, 0.4) is 0 Å². The molecule has 0 radical (unpaired) electrons. The average Bonchev–Trinajstić information content (AvgIpc) is 3.18. The van der Waals surface area contributed by atoms with Gasteiger partial charge in [0.15, 0.2) is 0 Å². The van der Waals surface area contributed by atoms with Crippen molar-refractivity contribution in [1.82, 2.24) is 5.32 Å². The molecule has 1 aromatic carbocycles. The fourth-order valence-corrected chi connectivity index (χ4v) is 1.68. The van der Waals surface area contributed by atoms with E-state index in [9.17, 15) is 0 Å². The molecule has 1 aliphatic rings. The molecular weight excluding hydrogens is 214 g/mol. The molecule has 0 saturated heterocycles. The third kappa shape index (κ3) is 4.36. The fourth-order valence-electron chi connectivity index (χ4n) is 1.68. The third-order valence-corrected chi connectivity index (χ3v) is 2.94. The van der Waals surface area contributed by atoms with Crippen LogP contribution in [0.1, 0.15) is 25.3 Å². The summed E-state index contributed by atoms with van der Waals surface area (Å²) < 4.78 is 11.0. The summed E-state index contributed by atoms with van der Waals surface area (Å²) in [6.45, 7) is 3.69. The van der Waals surface area contributed by atoms with Crippen molar-refractivity contribution in [3.8, 4) is 5.75 Å². The van der Waals surface area contributed by atoms with Crippen molar-refractivity contribution in [2.24, 2.45) is 0 Å². The first-order valence-electron chi connectivity index (χ1n) is 6.26. The Kier molecular flexibility index (Phi) is 4.40. The zero-order valence-corrected chi connectivity index (χ0v) is 10.6. The number of rotatable bonds is 7. The molecule has 3 heteroatoms. The molecule has 1 saturated carbocycles. The minimum absolute atomic E-state index is 0.252. The van der Waals surface area contributed by atoms with Crippen LogP contribution in [0.15, 0.2) is 24.3 Å². The summed E-state index contributed by atoms with van der Waals surface area (Å²) in [6.07, 6.45) is 2.90. The summed E-state index contributed by atoms with van der Waals surface area (Å²) in [5.74, 6) is 0.884. The molecule has 0 aliphatic heterocycles. The normalized spacial score (nSPS) is 16.8. The van der Waals surface area contributed by atoms with Crippen LogP contribution in [0.25, 0.3) is 0 Å². The van der Waals surface area contributed by atoms with Gasteiger partial charge in [0.05, 0.1) is 19.8 Å². The van der Waals surface area contributed by atoms with Crippen LogP contribution in [-0.4, -0.2) is 25.8 Å². The monoisotopic (exact) mass is 235 g/mol. The van der Waals surface area contributed by atoms with Crippen molar-refractivity contribution in [3.05, 3.63) is 29.8 Å². The first-order chi connectivity index (χ1) is 8.28. The second-order valence-electron chi connectivity index (χ2n) is 4.66. The van der Waals surface area contributed by atoms with Crippen molar-refractivity contribution in [3.63, 3.8) is 0 Å². The fraction of sp³-hybridized carbons (Fsp3) is 0.571. The predicted octanol–water partition coefficient (Wildman–Crippen LogP) is 2.35. The molecule has 1 aliphatic carbocycles. The first-order valence-corrected chi connectivity index (χ1v) is 6.26. The molecule has 1 aromatic rings. The second-order valence-corrected chi connectivity index (χ2v) is 4.66. The Morgan fingerprint density at radius 2 is 2.24 bits per heavy atom. The van der Waals surface area contributed by atoms with Gasteiger partial charge in [0.25, 0.3) is 0 Å². The van der Waals surface area contributed by atoms with Crippen LogP contribution >= 0.6 is 0 Å². The summed E-state index contributed by atoms with van der Waals surface area (Å²) in [6, 6.07) is 8.76. The summed E-state index contributed by atoms with van der Waals surface area (Å²) in [4.78, 5) is 0. The zero-order valence-electron chi connectivity index (χ0n) is 10.6. The van der Waals surface area contributed by atoms with Crippen molar-refractivity contribution in [1.29, 1.82) is 0 Å². The van der Waals surface area contributed by atoms with Gasteiger partial charge in [-0.05, 0) is 37.5 Å². The highest BCUT2D eigenvalue weighted by Gasteiger charge is 2.20. The molecule has 0 amide bonds. The Morgan fingerprint density at radius 3 is 2.94 bits per heavy atom.